The maximum atomic E-state index is 12.8. The number of halogens is 2. The minimum absolute atomic E-state index is 0.0346. The molecule has 0 aliphatic heterocycles. The van der Waals surface area contributed by atoms with Gasteiger partial charge in [0.2, 0.25) is 10.0 Å². The molecule has 9 nitrogen and oxygen atoms in total. The summed E-state index contributed by atoms with van der Waals surface area (Å²) in [4.78, 5) is 16.5. The summed E-state index contributed by atoms with van der Waals surface area (Å²) in [5.74, 6) is -0.480. The van der Waals surface area contributed by atoms with Crippen LogP contribution in [0.2, 0.25) is 10.0 Å². The number of ether oxygens (including phenoxy) is 1. The minimum Gasteiger partial charge on any atom is -0.462 e. The Labute approximate surface area is 189 Å². The lowest BCUT2D eigenvalue weighted by Crippen LogP contribution is -2.40. The quantitative estimate of drug-likeness (QED) is 0.506. The third-order valence-corrected chi connectivity index (χ3v) is 6.39. The number of aromatic nitrogens is 3. The van der Waals surface area contributed by atoms with Crippen LogP contribution in [0.3, 0.4) is 0 Å². The lowest BCUT2D eigenvalue weighted by molar-refractivity contribution is 0.0526. The number of nitrogens with zero attached hydrogens (tertiary/aromatic N) is 3. The average molecular weight is 486 g/mol. The number of carbonyl (C=O) groups is 1. The molecular weight excluding hydrogens is 465 g/mol. The van der Waals surface area contributed by atoms with Gasteiger partial charge in [0.15, 0.2) is 11.5 Å². The lowest BCUT2D eigenvalue weighted by Gasteiger charge is -2.19. The van der Waals surface area contributed by atoms with Gasteiger partial charge >= 0.3 is 5.97 Å². The number of hydrogen-bond donors (Lipinski definition) is 2. The van der Waals surface area contributed by atoms with E-state index in [0.717, 1.165) is 0 Å². The van der Waals surface area contributed by atoms with Gasteiger partial charge in [-0.2, -0.15) is 9.61 Å². The van der Waals surface area contributed by atoms with Crippen LogP contribution in [0.5, 0.6) is 0 Å². The minimum atomic E-state index is -3.92. The molecule has 166 valence electrons. The molecule has 0 bridgehead atoms. The number of nitrogens with one attached hydrogen (secondary N) is 2. The van der Waals surface area contributed by atoms with Gasteiger partial charge in [-0.05, 0) is 45.9 Å². The largest absolute Gasteiger partial charge is 0.462 e. The van der Waals surface area contributed by atoms with Crippen LogP contribution in [-0.4, -0.2) is 41.1 Å². The van der Waals surface area contributed by atoms with Crippen molar-refractivity contribution in [2.24, 2.45) is 0 Å². The Kier molecular flexibility index (Phi) is 6.47. The zero-order valence-corrected chi connectivity index (χ0v) is 19.6. The summed E-state index contributed by atoms with van der Waals surface area (Å²) in [5.41, 5.74) is -0.109. The number of benzene rings is 1. The third kappa shape index (κ3) is 5.09. The Morgan fingerprint density at radius 1 is 1.19 bits per heavy atom. The van der Waals surface area contributed by atoms with Crippen molar-refractivity contribution < 1.29 is 17.9 Å². The Morgan fingerprint density at radius 2 is 1.90 bits per heavy atom. The van der Waals surface area contributed by atoms with E-state index in [9.17, 15) is 13.2 Å². The van der Waals surface area contributed by atoms with E-state index in [1.54, 1.807) is 45.9 Å². The normalized spacial score (nSPS) is 12.2. The molecule has 0 radical (unpaired) electrons. The summed E-state index contributed by atoms with van der Waals surface area (Å²) in [6, 6.07) is 4.80. The summed E-state index contributed by atoms with van der Waals surface area (Å²) in [5, 5.41) is 7.86. The third-order valence-electron chi connectivity index (χ3n) is 3.90. The van der Waals surface area contributed by atoms with Gasteiger partial charge in [-0.25, -0.2) is 22.9 Å². The highest BCUT2D eigenvalue weighted by molar-refractivity contribution is 7.89. The van der Waals surface area contributed by atoms with Crippen LogP contribution in [0.15, 0.2) is 35.5 Å². The molecule has 0 amide bonds. The molecule has 0 spiro atoms. The van der Waals surface area contributed by atoms with E-state index in [1.807, 2.05) is 0 Å². The van der Waals surface area contributed by atoms with Crippen LogP contribution in [0, 0.1) is 0 Å². The zero-order valence-electron chi connectivity index (χ0n) is 17.2. The highest BCUT2D eigenvalue weighted by atomic mass is 35.5. The van der Waals surface area contributed by atoms with Gasteiger partial charge in [0.25, 0.3) is 0 Å². The fourth-order valence-corrected chi connectivity index (χ4v) is 4.53. The molecule has 1 aromatic carbocycles. The van der Waals surface area contributed by atoms with Gasteiger partial charge in [0.1, 0.15) is 10.5 Å². The van der Waals surface area contributed by atoms with E-state index >= 15 is 0 Å². The predicted molar refractivity (Wildman–Crippen MR) is 119 cm³/mol. The second-order valence-corrected chi connectivity index (χ2v) is 10.1. The summed E-state index contributed by atoms with van der Waals surface area (Å²) in [6.45, 7) is 6.99. The van der Waals surface area contributed by atoms with Gasteiger partial charge in [-0.1, -0.05) is 23.2 Å². The Morgan fingerprint density at radius 3 is 2.52 bits per heavy atom. The van der Waals surface area contributed by atoms with E-state index in [1.165, 1.54) is 16.9 Å². The first-order valence-corrected chi connectivity index (χ1v) is 11.5. The molecular formula is C19H21Cl2N5O4S. The number of sulfonamides is 1. The lowest BCUT2D eigenvalue weighted by atomic mass is 10.1. The van der Waals surface area contributed by atoms with Crippen LogP contribution in [0.4, 0.5) is 11.5 Å². The first-order valence-electron chi connectivity index (χ1n) is 9.23. The molecule has 0 aliphatic carbocycles. The van der Waals surface area contributed by atoms with E-state index in [-0.39, 0.29) is 28.5 Å². The smallest absolute Gasteiger partial charge is 0.343 e. The standard InChI is InChI=1S/C19H21Cl2N5O4S/c1-5-30-18(27)12-9-22-17-15(31(28,29)25-19(2,3)4)10-23-26(17)16(12)24-11-6-7-13(20)14(21)8-11/h6-10,24-25H,5H2,1-4H3. The maximum absolute atomic E-state index is 12.8. The van der Waals surface area contributed by atoms with Crippen LogP contribution < -0.4 is 10.0 Å². The molecule has 3 rings (SSSR count). The fraction of sp³-hybridized carbons (Fsp3) is 0.316. The first-order chi connectivity index (χ1) is 14.4. The van der Waals surface area contributed by atoms with Crippen LogP contribution in [0.1, 0.15) is 38.1 Å². The van der Waals surface area contributed by atoms with Crippen molar-refractivity contribution in [2.75, 3.05) is 11.9 Å². The maximum Gasteiger partial charge on any atom is 0.343 e. The highest BCUT2D eigenvalue weighted by Gasteiger charge is 2.28. The molecule has 3 aromatic rings. The van der Waals surface area contributed by atoms with E-state index in [4.69, 9.17) is 27.9 Å². The molecule has 0 unspecified atom stereocenters. The molecule has 0 atom stereocenters. The van der Waals surface area contributed by atoms with Gasteiger partial charge in [-0.15, -0.1) is 0 Å². The van der Waals surface area contributed by atoms with Crippen LogP contribution in [0.25, 0.3) is 5.65 Å². The molecule has 2 N–H and O–H groups in total. The van der Waals surface area contributed by atoms with Crippen molar-refractivity contribution in [3.05, 3.63) is 46.2 Å². The summed E-state index contributed by atoms with van der Waals surface area (Å²) in [6.07, 6.45) is 2.41. The second kappa shape index (κ2) is 8.62. The Hall–Kier alpha value is -2.40. The number of fused-ring (bicyclic) bond motifs is 1. The Bertz CT molecular complexity index is 1250. The first kappa shape index (κ1) is 23.3. The van der Waals surface area contributed by atoms with Crippen LogP contribution >= 0.6 is 23.2 Å². The molecule has 12 heteroatoms. The molecule has 0 aliphatic rings. The molecule has 0 saturated carbocycles. The topological polar surface area (TPSA) is 115 Å². The van der Waals surface area contributed by atoms with Gasteiger partial charge in [0.05, 0.1) is 22.8 Å². The Balaban J connectivity index is 2.18. The van der Waals surface area contributed by atoms with E-state index in [0.29, 0.717) is 15.7 Å². The molecule has 2 heterocycles. The van der Waals surface area contributed by atoms with Gasteiger partial charge in [0, 0.05) is 17.4 Å². The number of rotatable bonds is 6. The predicted octanol–water partition coefficient (Wildman–Crippen LogP) is 4.03. The van der Waals surface area contributed by atoms with Crippen LogP contribution in [-0.2, 0) is 14.8 Å². The average Bonchev–Trinajstić information content (AvgIpc) is 3.09. The molecule has 0 fully saturated rings. The van der Waals surface area contributed by atoms with Crippen molar-refractivity contribution >= 4 is 56.3 Å². The summed E-state index contributed by atoms with van der Waals surface area (Å²) in [7, 11) is -3.92. The molecule has 2 aromatic heterocycles. The second-order valence-electron chi connectivity index (χ2n) is 7.59. The van der Waals surface area contributed by atoms with Gasteiger partial charge < -0.3 is 10.1 Å². The highest BCUT2D eigenvalue weighted by Crippen LogP contribution is 2.29. The number of carbonyl (C=O) groups excluding carboxylic acids is 1. The van der Waals surface area contributed by atoms with E-state index < -0.39 is 21.5 Å². The SMILES string of the molecule is CCOC(=O)c1cnc2c(S(=O)(=O)NC(C)(C)C)cnn2c1Nc1ccc(Cl)c(Cl)c1. The van der Waals surface area contributed by atoms with Crippen molar-refractivity contribution in [3.63, 3.8) is 0 Å². The van der Waals surface area contributed by atoms with Gasteiger partial charge in [-0.3, -0.25) is 0 Å². The van der Waals surface area contributed by atoms with Crippen molar-refractivity contribution in [2.45, 2.75) is 38.1 Å². The summed E-state index contributed by atoms with van der Waals surface area (Å²) < 4.78 is 34.6. The van der Waals surface area contributed by atoms with Crippen molar-refractivity contribution in [1.29, 1.82) is 0 Å². The number of hydrogen-bond acceptors (Lipinski definition) is 7. The number of anilines is 2. The van der Waals surface area contributed by atoms with E-state index in [2.05, 4.69) is 20.1 Å². The van der Waals surface area contributed by atoms with Crippen molar-refractivity contribution in [1.82, 2.24) is 19.3 Å². The van der Waals surface area contributed by atoms with Crippen molar-refractivity contribution in [3.8, 4) is 0 Å². The zero-order chi connectivity index (χ0) is 23.0. The number of esters is 1. The molecule has 0 saturated heterocycles. The fourth-order valence-electron chi connectivity index (χ4n) is 2.75. The summed E-state index contributed by atoms with van der Waals surface area (Å²) >= 11 is 12.1. The molecule has 31 heavy (non-hydrogen) atoms. The monoisotopic (exact) mass is 485 g/mol.